The van der Waals surface area contributed by atoms with E-state index in [-0.39, 0.29) is 11.3 Å². The fourth-order valence-electron chi connectivity index (χ4n) is 1.47. The number of carbonyl (C=O) groups excluding carboxylic acids is 1. The minimum atomic E-state index is -1.16. The molecule has 1 N–H and O–H groups in total. The zero-order valence-electron chi connectivity index (χ0n) is 11.7. The summed E-state index contributed by atoms with van der Waals surface area (Å²) in [4.78, 5) is 21.9. The number of unbranched alkanes of at least 4 members (excludes halogenated alkanes) is 1. The third kappa shape index (κ3) is 6.07. The highest BCUT2D eigenvalue weighted by atomic mass is 19.1. The highest BCUT2D eigenvalue weighted by molar-refractivity contribution is 5.86. The molecule has 114 valence electrons. The van der Waals surface area contributed by atoms with Crippen molar-refractivity contribution in [2.24, 2.45) is 0 Å². The Labute approximate surface area is 122 Å². The van der Waals surface area contributed by atoms with Crippen LogP contribution in [-0.4, -0.2) is 30.3 Å². The van der Waals surface area contributed by atoms with Gasteiger partial charge in [0.1, 0.15) is 0 Å². The molecule has 21 heavy (non-hydrogen) atoms. The smallest absolute Gasteiger partial charge is 0.344 e. The van der Waals surface area contributed by atoms with Crippen molar-refractivity contribution < 1.29 is 28.6 Å². The van der Waals surface area contributed by atoms with Crippen molar-refractivity contribution in [3.05, 3.63) is 35.7 Å². The molecule has 0 saturated heterocycles. The summed E-state index contributed by atoms with van der Waals surface area (Å²) in [5, 5.41) is 8.58. The highest BCUT2D eigenvalue weighted by Crippen LogP contribution is 2.24. The number of esters is 1. The Morgan fingerprint density at radius 3 is 2.81 bits per heavy atom. The van der Waals surface area contributed by atoms with Crippen LogP contribution in [-0.2, 0) is 14.3 Å². The van der Waals surface area contributed by atoms with Gasteiger partial charge >= 0.3 is 11.9 Å². The molecule has 0 atom stereocenters. The molecule has 0 heterocycles. The number of hydrogen-bond acceptors (Lipinski definition) is 4. The lowest BCUT2D eigenvalue weighted by Crippen LogP contribution is -2.16. The fourth-order valence-corrected chi connectivity index (χ4v) is 1.47. The van der Waals surface area contributed by atoms with Gasteiger partial charge in [0.25, 0.3) is 0 Å². The van der Waals surface area contributed by atoms with Gasteiger partial charge < -0.3 is 14.6 Å². The Hall–Kier alpha value is -2.37. The van der Waals surface area contributed by atoms with Crippen LogP contribution in [0.3, 0.4) is 0 Å². The maximum atomic E-state index is 13.7. The molecule has 0 unspecified atom stereocenters. The second kappa shape index (κ2) is 8.73. The standard InChI is InChI=1S/C15H17FO5/c1-2-3-9-20-14(19)10-21-15-11(7-8-13(17)18)5-4-6-12(15)16/h4-8H,2-3,9-10H2,1H3,(H,17,18)/b8-7+. The Morgan fingerprint density at radius 1 is 1.38 bits per heavy atom. The average molecular weight is 296 g/mol. The number of halogens is 1. The molecule has 0 aliphatic heterocycles. The van der Waals surface area contributed by atoms with Crippen LogP contribution in [0.1, 0.15) is 25.3 Å². The van der Waals surface area contributed by atoms with Crippen molar-refractivity contribution in [3.8, 4) is 5.75 Å². The largest absolute Gasteiger partial charge is 0.478 e. The molecular formula is C15H17FO5. The van der Waals surface area contributed by atoms with E-state index in [4.69, 9.17) is 14.6 Å². The van der Waals surface area contributed by atoms with Gasteiger partial charge in [-0.25, -0.2) is 14.0 Å². The highest BCUT2D eigenvalue weighted by Gasteiger charge is 2.11. The topological polar surface area (TPSA) is 72.8 Å². The van der Waals surface area contributed by atoms with E-state index in [2.05, 4.69) is 0 Å². The monoisotopic (exact) mass is 296 g/mol. The van der Waals surface area contributed by atoms with Gasteiger partial charge in [0.05, 0.1) is 6.61 Å². The third-order valence-electron chi connectivity index (χ3n) is 2.50. The van der Waals surface area contributed by atoms with E-state index in [0.29, 0.717) is 6.61 Å². The predicted molar refractivity (Wildman–Crippen MR) is 74.4 cm³/mol. The molecule has 0 fully saturated rings. The fraction of sp³-hybridized carbons (Fsp3) is 0.333. The van der Waals surface area contributed by atoms with E-state index < -0.39 is 24.4 Å². The number of aliphatic carboxylic acids is 1. The molecule has 1 aromatic rings. The van der Waals surface area contributed by atoms with Gasteiger partial charge in [-0.3, -0.25) is 0 Å². The van der Waals surface area contributed by atoms with Crippen LogP contribution in [0.15, 0.2) is 24.3 Å². The first-order chi connectivity index (χ1) is 10.0. The molecule has 1 aromatic carbocycles. The minimum absolute atomic E-state index is 0.178. The van der Waals surface area contributed by atoms with Gasteiger partial charge in [-0.2, -0.15) is 0 Å². The van der Waals surface area contributed by atoms with E-state index in [0.717, 1.165) is 25.0 Å². The zero-order valence-corrected chi connectivity index (χ0v) is 11.7. The number of carbonyl (C=O) groups is 2. The number of benzene rings is 1. The van der Waals surface area contributed by atoms with E-state index in [1.807, 2.05) is 6.92 Å². The van der Waals surface area contributed by atoms with Crippen molar-refractivity contribution >= 4 is 18.0 Å². The molecule has 0 saturated carbocycles. The van der Waals surface area contributed by atoms with E-state index >= 15 is 0 Å². The lowest BCUT2D eigenvalue weighted by atomic mass is 10.2. The molecule has 0 amide bonds. The number of ether oxygens (including phenoxy) is 2. The van der Waals surface area contributed by atoms with E-state index in [9.17, 15) is 14.0 Å². The molecular weight excluding hydrogens is 279 g/mol. The minimum Gasteiger partial charge on any atom is -0.478 e. The van der Waals surface area contributed by atoms with Crippen molar-refractivity contribution in [1.82, 2.24) is 0 Å². The first kappa shape index (κ1) is 16.7. The molecule has 0 spiro atoms. The van der Waals surface area contributed by atoms with Crippen LogP contribution < -0.4 is 4.74 Å². The summed E-state index contributed by atoms with van der Waals surface area (Å²) < 4.78 is 23.7. The van der Waals surface area contributed by atoms with Crippen LogP contribution in [0.4, 0.5) is 4.39 Å². The van der Waals surface area contributed by atoms with E-state index in [1.165, 1.54) is 18.2 Å². The van der Waals surface area contributed by atoms with Gasteiger partial charge in [0.2, 0.25) is 0 Å². The zero-order chi connectivity index (χ0) is 15.7. The number of rotatable bonds is 8. The maximum absolute atomic E-state index is 13.7. The normalized spacial score (nSPS) is 10.6. The molecule has 1 rings (SSSR count). The molecule has 6 heteroatoms. The molecule has 5 nitrogen and oxygen atoms in total. The second-order valence-electron chi connectivity index (χ2n) is 4.19. The number of para-hydroxylation sites is 1. The van der Waals surface area contributed by atoms with Gasteiger partial charge in [-0.1, -0.05) is 25.5 Å². The van der Waals surface area contributed by atoms with Crippen LogP contribution in [0, 0.1) is 5.82 Å². The quantitative estimate of drug-likeness (QED) is 0.453. The number of carboxylic acid groups (broad SMARTS) is 1. The molecule has 0 bridgehead atoms. The van der Waals surface area contributed by atoms with E-state index in [1.54, 1.807) is 0 Å². The van der Waals surface area contributed by atoms with Crippen LogP contribution >= 0.6 is 0 Å². The van der Waals surface area contributed by atoms with Gasteiger partial charge in [-0.05, 0) is 18.6 Å². The lowest BCUT2D eigenvalue weighted by molar-refractivity contribution is -0.146. The van der Waals surface area contributed by atoms with Crippen molar-refractivity contribution in [2.45, 2.75) is 19.8 Å². The second-order valence-corrected chi connectivity index (χ2v) is 4.19. The van der Waals surface area contributed by atoms with Crippen molar-refractivity contribution in [2.75, 3.05) is 13.2 Å². The first-order valence-electron chi connectivity index (χ1n) is 6.52. The van der Waals surface area contributed by atoms with Gasteiger partial charge in [0.15, 0.2) is 18.2 Å². The van der Waals surface area contributed by atoms with Gasteiger partial charge in [-0.15, -0.1) is 0 Å². The summed E-state index contributed by atoms with van der Waals surface area (Å²) in [6.07, 6.45) is 3.70. The Balaban J connectivity index is 2.69. The molecule has 0 aliphatic rings. The van der Waals surface area contributed by atoms with Crippen LogP contribution in [0.5, 0.6) is 5.75 Å². The summed E-state index contributed by atoms with van der Waals surface area (Å²) in [5.74, 6) is -2.62. The molecule has 0 radical (unpaired) electrons. The summed E-state index contributed by atoms with van der Waals surface area (Å²) in [6, 6.07) is 4.07. The summed E-state index contributed by atoms with van der Waals surface area (Å²) in [5.41, 5.74) is 0.235. The lowest BCUT2D eigenvalue weighted by Gasteiger charge is -2.10. The summed E-state index contributed by atoms with van der Waals surface area (Å²) in [7, 11) is 0. The molecule has 0 aromatic heterocycles. The first-order valence-corrected chi connectivity index (χ1v) is 6.52. The Morgan fingerprint density at radius 2 is 2.14 bits per heavy atom. The summed E-state index contributed by atoms with van der Waals surface area (Å²) >= 11 is 0. The Bertz CT molecular complexity index is 525. The Kier molecular flexibility index (Phi) is 6.94. The number of carboxylic acids is 1. The third-order valence-corrected chi connectivity index (χ3v) is 2.50. The van der Waals surface area contributed by atoms with Crippen molar-refractivity contribution in [1.29, 1.82) is 0 Å². The van der Waals surface area contributed by atoms with Crippen LogP contribution in [0.25, 0.3) is 6.08 Å². The molecule has 0 aliphatic carbocycles. The average Bonchev–Trinajstić information content (AvgIpc) is 2.44. The van der Waals surface area contributed by atoms with Crippen molar-refractivity contribution in [3.63, 3.8) is 0 Å². The summed E-state index contributed by atoms with van der Waals surface area (Å²) in [6.45, 7) is 1.82. The predicted octanol–water partition coefficient (Wildman–Crippen LogP) is 2.65. The number of hydrogen-bond donors (Lipinski definition) is 1. The SMILES string of the molecule is CCCCOC(=O)COc1c(F)cccc1/C=C/C(=O)O. The van der Waals surface area contributed by atoms with Gasteiger partial charge in [0, 0.05) is 11.6 Å². The maximum Gasteiger partial charge on any atom is 0.344 e. The van der Waals surface area contributed by atoms with Crippen LogP contribution in [0.2, 0.25) is 0 Å².